The molecule has 0 bridgehead atoms. The molecular formula is C15H26N4. The molecule has 1 aromatic rings. The molecule has 0 aromatic carbocycles. The molecule has 1 aromatic heterocycles. The van der Waals surface area contributed by atoms with Crippen molar-refractivity contribution in [3.8, 4) is 0 Å². The number of hydrogen-bond donors (Lipinski definition) is 1. The molecule has 2 heterocycles. The highest BCUT2D eigenvalue weighted by Gasteiger charge is 2.22. The fourth-order valence-electron chi connectivity index (χ4n) is 2.14. The molecule has 0 atom stereocenters. The first kappa shape index (κ1) is 14.3. The molecule has 1 saturated heterocycles. The Morgan fingerprint density at radius 2 is 1.79 bits per heavy atom. The van der Waals surface area contributed by atoms with Gasteiger partial charge in [-0.3, -0.25) is 0 Å². The average molecular weight is 262 g/mol. The van der Waals surface area contributed by atoms with E-state index in [9.17, 15) is 0 Å². The van der Waals surface area contributed by atoms with Crippen LogP contribution in [0.2, 0.25) is 0 Å². The number of piperazine rings is 1. The molecule has 0 radical (unpaired) electrons. The van der Waals surface area contributed by atoms with Crippen molar-refractivity contribution < 1.29 is 0 Å². The highest BCUT2D eigenvalue weighted by atomic mass is 15.2. The van der Waals surface area contributed by atoms with Crippen LogP contribution in [0.5, 0.6) is 0 Å². The minimum Gasteiger partial charge on any atom is -0.354 e. The highest BCUT2D eigenvalue weighted by molar-refractivity contribution is 5.42. The quantitative estimate of drug-likeness (QED) is 0.888. The fraction of sp³-hybridized carbons (Fsp3) is 0.733. The van der Waals surface area contributed by atoms with Crippen molar-refractivity contribution in [2.75, 3.05) is 31.1 Å². The van der Waals surface area contributed by atoms with E-state index in [-0.39, 0.29) is 5.41 Å². The summed E-state index contributed by atoms with van der Waals surface area (Å²) in [5.74, 6) is 2.48. The van der Waals surface area contributed by atoms with Crippen LogP contribution in [0.1, 0.15) is 52.1 Å². The van der Waals surface area contributed by atoms with Gasteiger partial charge in [0.05, 0.1) is 0 Å². The molecule has 1 aliphatic rings. The second kappa shape index (κ2) is 5.45. The lowest BCUT2D eigenvalue weighted by molar-refractivity contribution is 0.532. The van der Waals surface area contributed by atoms with E-state index in [2.05, 4.69) is 50.9 Å². The summed E-state index contributed by atoms with van der Waals surface area (Å²) in [7, 11) is 0. The van der Waals surface area contributed by atoms with Crippen molar-refractivity contribution in [2.45, 2.75) is 46.0 Å². The van der Waals surface area contributed by atoms with Gasteiger partial charge in [0.25, 0.3) is 0 Å². The van der Waals surface area contributed by atoms with Crippen LogP contribution in [0, 0.1) is 0 Å². The van der Waals surface area contributed by atoms with Crippen LogP contribution in [-0.4, -0.2) is 36.1 Å². The number of rotatable bonds is 2. The molecule has 0 spiro atoms. The lowest BCUT2D eigenvalue weighted by atomic mass is 9.95. The summed E-state index contributed by atoms with van der Waals surface area (Å²) >= 11 is 0. The van der Waals surface area contributed by atoms with Gasteiger partial charge in [0.15, 0.2) is 0 Å². The first-order valence-electron chi connectivity index (χ1n) is 7.23. The number of nitrogens with zero attached hydrogens (tertiary/aromatic N) is 3. The summed E-state index contributed by atoms with van der Waals surface area (Å²) < 4.78 is 0. The lowest BCUT2D eigenvalue weighted by Gasteiger charge is -2.30. The van der Waals surface area contributed by atoms with Gasteiger partial charge in [-0.15, -0.1) is 0 Å². The zero-order valence-electron chi connectivity index (χ0n) is 12.8. The monoisotopic (exact) mass is 262 g/mol. The maximum atomic E-state index is 4.80. The van der Waals surface area contributed by atoms with Crippen molar-refractivity contribution >= 4 is 5.82 Å². The van der Waals surface area contributed by atoms with E-state index in [1.807, 2.05) is 0 Å². The molecule has 1 aliphatic heterocycles. The standard InChI is InChI=1S/C15H26N4/c1-11(2)12-10-13(19-8-6-16-7-9-19)18-14(17-12)15(3,4)5/h10-11,16H,6-9H2,1-5H3. The molecule has 19 heavy (non-hydrogen) atoms. The van der Waals surface area contributed by atoms with E-state index in [1.165, 1.54) is 0 Å². The summed E-state index contributed by atoms with van der Waals surface area (Å²) in [5.41, 5.74) is 1.14. The van der Waals surface area contributed by atoms with Crippen molar-refractivity contribution in [3.63, 3.8) is 0 Å². The van der Waals surface area contributed by atoms with Crippen LogP contribution in [0.15, 0.2) is 6.07 Å². The van der Waals surface area contributed by atoms with Crippen LogP contribution in [-0.2, 0) is 5.41 Å². The second-order valence-corrected chi connectivity index (χ2v) is 6.62. The van der Waals surface area contributed by atoms with E-state index in [0.717, 1.165) is 43.5 Å². The molecule has 106 valence electrons. The Labute approximate surface area is 116 Å². The third-order valence-corrected chi connectivity index (χ3v) is 3.44. The summed E-state index contributed by atoms with van der Waals surface area (Å²) in [6.07, 6.45) is 0. The maximum Gasteiger partial charge on any atom is 0.136 e. The molecule has 0 saturated carbocycles. The molecule has 0 amide bonds. The smallest absolute Gasteiger partial charge is 0.136 e. The molecular weight excluding hydrogens is 236 g/mol. The average Bonchev–Trinajstić information content (AvgIpc) is 2.38. The summed E-state index contributed by atoms with van der Waals surface area (Å²) in [6, 6.07) is 2.16. The van der Waals surface area contributed by atoms with Crippen LogP contribution in [0.4, 0.5) is 5.82 Å². The van der Waals surface area contributed by atoms with Crippen molar-refractivity contribution in [1.82, 2.24) is 15.3 Å². The van der Waals surface area contributed by atoms with E-state index < -0.39 is 0 Å². The van der Waals surface area contributed by atoms with Crippen LogP contribution in [0.3, 0.4) is 0 Å². The summed E-state index contributed by atoms with van der Waals surface area (Å²) in [6.45, 7) is 15.0. The number of nitrogens with one attached hydrogen (secondary N) is 1. The lowest BCUT2D eigenvalue weighted by Crippen LogP contribution is -2.44. The van der Waals surface area contributed by atoms with Crippen molar-refractivity contribution in [1.29, 1.82) is 0 Å². The first-order valence-corrected chi connectivity index (χ1v) is 7.23. The van der Waals surface area contributed by atoms with Gasteiger partial charge in [0, 0.05) is 43.4 Å². The molecule has 0 aliphatic carbocycles. The Hall–Kier alpha value is -1.16. The summed E-state index contributed by atoms with van der Waals surface area (Å²) in [5, 5.41) is 3.38. The minimum absolute atomic E-state index is 0.00626. The topological polar surface area (TPSA) is 41.0 Å². The Morgan fingerprint density at radius 1 is 1.16 bits per heavy atom. The van der Waals surface area contributed by atoms with Gasteiger partial charge in [-0.2, -0.15) is 0 Å². The zero-order valence-corrected chi connectivity index (χ0v) is 12.8. The Balaban J connectivity index is 2.39. The van der Waals surface area contributed by atoms with Gasteiger partial charge in [0.1, 0.15) is 11.6 Å². The van der Waals surface area contributed by atoms with Crippen LogP contribution < -0.4 is 10.2 Å². The number of anilines is 1. The zero-order chi connectivity index (χ0) is 14.0. The van der Waals surface area contributed by atoms with Gasteiger partial charge in [-0.1, -0.05) is 34.6 Å². The molecule has 1 fully saturated rings. The Bertz CT molecular complexity index is 428. The molecule has 0 unspecified atom stereocenters. The van der Waals surface area contributed by atoms with Crippen molar-refractivity contribution in [2.24, 2.45) is 0 Å². The van der Waals surface area contributed by atoms with Crippen LogP contribution in [0.25, 0.3) is 0 Å². The van der Waals surface area contributed by atoms with Gasteiger partial charge < -0.3 is 10.2 Å². The van der Waals surface area contributed by atoms with Gasteiger partial charge >= 0.3 is 0 Å². The molecule has 4 heteroatoms. The SMILES string of the molecule is CC(C)c1cc(N2CCNCC2)nc(C(C)(C)C)n1. The number of hydrogen-bond acceptors (Lipinski definition) is 4. The first-order chi connectivity index (χ1) is 8.88. The highest BCUT2D eigenvalue weighted by Crippen LogP contribution is 2.25. The van der Waals surface area contributed by atoms with E-state index >= 15 is 0 Å². The Morgan fingerprint density at radius 3 is 2.32 bits per heavy atom. The van der Waals surface area contributed by atoms with E-state index in [0.29, 0.717) is 5.92 Å². The van der Waals surface area contributed by atoms with Crippen LogP contribution >= 0.6 is 0 Å². The maximum absolute atomic E-state index is 4.80. The third kappa shape index (κ3) is 3.44. The fourth-order valence-corrected chi connectivity index (χ4v) is 2.14. The van der Waals surface area contributed by atoms with Gasteiger partial charge in [-0.05, 0) is 5.92 Å². The minimum atomic E-state index is -0.00626. The normalized spacial score (nSPS) is 17.1. The predicted molar refractivity (Wildman–Crippen MR) is 79.9 cm³/mol. The predicted octanol–water partition coefficient (Wildman–Crippen LogP) is 2.31. The molecule has 4 nitrogen and oxygen atoms in total. The molecule has 1 N–H and O–H groups in total. The number of aromatic nitrogens is 2. The largest absolute Gasteiger partial charge is 0.354 e. The van der Waals surface area contributed by atoms with E-state index in [1.54, 1.807) is 0 Å². The Kier molecular flexibility index (Phi) is 4.09. The third-order valence-electron chi connectivity index (χ3n) is 3.44. The summed E-state index contributed by atoms with van der Waals surface area (Å²) in [4.78, 5) is 11.9. The van der Waals surface area contributed by atoms with Gasteiger partial charge in [0.2, 0.25) is 0 Å². The van der Waals surface area contributed by atoms with Gasteiger partial charge in [-0.25, -0.2) is 9.97 Å². The second-order valence-electron chi connectivity index (χ2n) is 6.62. The van der Waals surface area contributed by atoms with Crippen molar-refractivity contribution in [3.05, 3.63) is 17.6 Å². The van der Waals surface area contributed by atoms with E-state index in [4.69, 9.17) is 9.97 Å². The molecule has 2 rings (SSSR count).